The fraction of sp³-hybridized carbons (Fsp3) is 0.188. The molecule has 0 unspecified atom stereocenters. The molecule has 0 saturated heterocycles. The van der Waals surface area contributed by atoms with Crippen molar-refractivity contribution in [2.24, 2.45) is 0 Å². The van der Waals surface area contributed by atoms with Crippen molar-refractivity contribution < 1.29 is 9.90 Å². The number of carboxylic acid groups (broad SMARTS) is 1. The third-order valence-electron chi connectivity index (χ3n) is 3.62. The Kier molecular flexibility index (Phi) is 3.39. The minimum absolute atomic E-state index is 0.230. The maximum atomic E-state index is 10.9. The van der Waals surface area contributed by atoms with E-state index in [0.29, 0.717) is 12.1 Å². The number of rotatable bonds is 4. The molecule has 3 aromatic rings. The van der Waals surface area contributed by atoms with E-state index < -0.39 is 5.97 Å². The Morgan fingerprint density at radius 3 is 2.81 bits per heavy atom. The van der Waals surface area contributed by atoms with Crippen LogP contribution < -0.4 is 0 Å². The zero-order valence-corrected chi connectivity index (χ0v) is 11.7. The van der Waals surface area contributed by atoms with Crippen molar-refractivity contribution in [1.29, 1.82) is 0 Å². The van der Waals surface area contributed by atoms with E-state index in [1.807, 2.05) is 16.8 Å². The summed E-state index contributed by atoms with van der Waals surface area (Å²) in [4.78, 5) is 10.9. The average molecular weight is 281 g/mol. The maximum Gasteiger partial charge on any atom is 0.335 e. The zero-order chi connectivity index (χ0) is 14.8. The quantitative estimate of drug-likeness (QED) is 0.798. The number of aryl methyl sites for hydroxylation is 3. The number of hydrogen-bond acceptors (Lipinski definition) is 3. The van der Waals surface area contributed by atoms with E-state index in [1.54, 1.807) is 18.2 Å². The van der Waals surface area contributed by atoms with Gasteiger partial charge >= 0.3 is 5.97 Å². The summed E-state index contributed by atoms with van der Waals surface area (Å²) >= 11 is 0. The van der Waals surface area contributed by atoms with Gasteiger partial charge in [0.05, 0.1) is 11.1 Å². The van der Waals surface area contributed by atoms with Crippen molar-refractivity contribution in [2.45, 2.75) is 19.9 Å². The van der Waals surface area contributed by atoms with Crippen molar-refractivity contribution in [1.82, 2.24) is 15.0 Å². The third-order valence-corrected chi connectivity index (χ3v) is 3.62. The molecule has 0 aliphatic rings. The second-order valence-electron chi connectivity index (χ2n) is 5.00. The van der Waals surface area contributed by atoms with Crippen LogP contribution in [0.15, 0.2) is 42.5 Å². The molecule has 0 fully saturated rings. The standard InChI is InChI=1S/C16H15N3O2/c1-11-4-2-3-5-12(11)8-9-19-15-7-6-13(16(20)21)10-14(15)17-18-19/h2-7,10H,8-9H2,1H3,(H,20,21). The molecule has 3 rings (SSSR count). The molecule has 5 nitrogen and oxygen atoms in total. The van der Waals surface area contributed by atoms with Gasteiger partial charge in [-0.1, -0.05) is 29.5 Å². The van der Waals surface area contributed by atoms with Gasteiger partial charge in [0.25, 0.3) is 0 Å². The molecule has 1 aromatic heterocycles. The lowest BCUT2D eigenvalue weighted by molar-refractivity contribution is 0.0697. The highest BCUT2D eigenvalue weighted by molar-refractivity contribution is 5.92. The predicted octanol–water partition coefficient (Wildman–Crippen LogP) is 2.68. The molecule has 0 spiro atoms. The van der Waals surface area contributed by atoms with E-state index in [0.717, 1.165) is 11.9 Å². The van der Waals surface area contributed by atoms with E-state index in [9.17, 15) is 4.79 Å². The fourth-order valence-corrected chi connectivity index (χ4v) is 2.39. The topological polar surface area (TPSA) is 68.0 Å². The lowest BCUT2D eigenvalue weighted by Gasteiger charge is -2.06. The van der Waals surface area contributed by atoms with Gasteiger partial charge in [-0.2, -0.15) is 0 Å². The Balaban J connectivity index is 1.85. The molecule has 0 amide bonds. The molecule has 0 atom stereocenters. The molecule has 2 aromatic carbocycles. The summed E-state index contributed by atoms with van der Waals surface area (Å²) < 4.78 is 1.81. The summed E-state index contributed by atoms with van der Waals surface area (Å²) in [6, 6.07) is 13.1. The van der Waals surface area contributed by atoms with Crippen LogP contribution in [0.5, 0.6) is 0 Å². The van der Waals surface area contributed by atoms with Crippen LogP contribution in [-0.4, -0.2) is 26.1 Å². The van der Waals surface area contributed by atoms with Gasteiger partial charge in [0.15, 0.2) is 0 Å². The van der Waals surface area contributed by atoms with Crippen molar-refractivity contribution in [3.05, 3.63) is 59.2 Å². The van der Waals surface area contributed by atoms with Crippen molar-refractivity contribution in [3.63, 3.8) is 0 Å². The van der Waals surface area contributed by atoms with E-state index in [2.05, 4.69) is 29.4 Å². The minimum Gasteiger partial charge on any atom is -0.478 e. The predicted molar refractivity (Wildman–Crippen MR) is 79.4 cm³/mol. The first kappa shape index (κ1) is 13.3. The van der Waals surface area contributed by atoms with Crippen LogP contribution in [0, 0.1) is 6.92 Å². The van der Waals surface area contributed by atoms with Gasteiger partial charge in [0.1, 0.15) is 5.52 Å². The van der Waals surface area contributed by atoms with Crippen LogP contribution in [-0.2, 0) is 13.0 Å². The number of benzene rings is 2. The molecule has 1 N–H and O–H groups in total. The summed E-state index contributed by atoms with van der Waals surface area (Å²) in [7, 11) is 0. The first-order valence-electron chi connectivity index (χ1n) is 6.76. The molecule has 21 heavy (non-hydrogen) atoms. The lowest BCUT2D eigenvalue weighted by Crippen LogP contribution is -2.04. The molecule has 0 aliphatic carbocycles. The van der Waals surface area contributed by atoms with Crippen LogP contribution in [0.25, 0.3) is 11.0 Å². The summed E-state index contributed by atoms with van der Waals surface area (Å²) in [5.41, 5.74) is 4.24. The van der Waals surface area contributed by atoms with Gasteiger partial charge in [0, 0.05) is 6.54 Å². The molecular weight excluding hydrogens is 266 g/mol. The SMILES string of the molecule is Cc1ccccc1CCn1nnc2cc(C(=O)O)ccc21. The second-order valence-corrected chi connectivity index (χ2v) is 5.00. The highest BCUT2D eigenvalue weighted by Gasteiger charge is 2.09. The zero-order valence-electron chi connectivity index (χ0n) is 11.7. The van der Waals surface area contributed by atoms with Gasteiger partial charge in [0.2, 0.25) is 0 Å². The Morgan fingerprint density at radius 1 is 1.24 bits per heavy atom. The Labute approximate surface area is 121 Å². The van der Waals surface area contributed by atoms with Crippen molar-refractivity contribution in [3.8, 4) is 0 Å². The number of carbonyl (C=O) groups is 1. The number of nitrogens with zero attached hydrogens (tertiary/aromatic N) is 3. The van der Waals surface area contributed by atoms with Crippen LogP contribution in [0.1, 0.15) is 21.5 Å². The normalized spacial score (nSPS) is 10.9. The number of aromatic nitrogens is 3. The largest absolute Gasteiger partial charge is 0.478 e. The highest BCUT2D eigenvalue weighted by Crippen LogP contribution is 2.15. The van der Waals surface area contributed by atoms with E-state index in [4.69, 9.17) is 5.11 Å². The summed E-state index contributed by atoms with van der Waals surface area (Å²) in [5, 5.41) is 17.1. The molecule has 0 saturated carbocycles. The van der Waals surface area contributed by atoms with Crippen molar-refractivity contribution >= 4 is 17.0 Å². The monoisotopic (exact) mass is 281 g/mol. The lowest BCUT2D eigenvalue weighted by atomic mass is 10.1. The van der Waals surface area contributed by atoms with Gasteiger partial charge < -0.3 is 5.11 Å². The molecule has 0 bridgehead atoms. The number of hydrogen-bond donors (Lipinski definition) is 1. The molecule has 0 radical (unpaired) electrons. The maximum absolute atomic E-state index is 10.9. The Hall–Kier alpha value is -2.69. The smallest absolute Gasteiger partial charge is 0.335 e. The van der Waals surface area contributed by atoms with Gasteiger partial charge in [-0.15, -0.1) is 5.10 Å². The minimum atomic E-state index is -0.952. The van der Waals surface area contributed by atoms with E-state index >= 15 is 0 Å². The molecule has 0 aliphatic heterocycles. The second kappa shape index (κ2) is 5.36. The van der Waals surface area contributed by atoms with E-state index in [1.165, 1.54) is 11.1 Å². The van der Waals surface area contributed by atoms with Crippen LogP contribution in [0.2, 0.25) is 0 Å². The van der Waals surface area contributed by atoms with Gasteiger partial charge in [-0.3, -0.25) is 0 Å². The van der Waals surface area contributed by atoms with E-state index in [-0.39, 0.29) is 5.56 Å². The van der Waals surface area contributed by atoms with Gasteiger partial charge in [-0.05, 0) is 42.7 Å². The number of aromatic carboxylic acids is 1. The van der Waals surface area contributed by atoms with Crippen LogP contribution >= 0.6 is 0 Å². The molecular formula is C16H15N3O2. The third kappa shape index (κ3) is 2.63. The molecule has 5 heteroatoms. The molecule has 106 valence electrons. The Morgan fingerprint density at radius 2 is 2.05 bits per heavy atom. The first-order chi connectivity index (χ1) is 10.1. The van der Waals surface area contributed by atoms with Crippen LogP contribution in [0.4, 0.5) is 0 Å². The summed E-state index contributed by atoms with van der Waals surface area (Å²) in [6.07, 6.45) is 0.867. The summed E-state index contributed by atoms with van der Waals surface area (Å²) in [5.74, 6) is -0.952. The number of carboxylic acids is 1. The van der Waals surface area contributed by atoms with Gasteiger partial charge in [-0.25, -0.2) is 9.48 Å². The molecule has 1 heterocycles. The number of fused-ring (bicyclic) bond motifs is 1. The van der Waals surface area contributed by atoms with Crippen LogP contribution in [0.3, 0.4) is 0 Å². The first-order valence-corrected chi connectivity index (χ1v) is 6.76. The average Bonchev–Trinajstić information content (AvgIpc) is 2.88. The summed E-state index contributed by atoms with van der Waals surface area (Å²) in [6.45, 7) is 2.81. The highest BCUT2D eigenvalue weighted by atomic mass is 16.4. The van der Waals surface area contributed by atoms with Crippen molar-refractivity contribution in [2.75, 3.05) is 0 Å². The fourth-order valence-electron chi connectivity index (χ4n) is 2.39. The Bertz CT molecular complexity index is 808.